The van der Waals surface area contributed by atoms with E-state index in [1.54, 1.807) is 0 Å². The Kier molecular flexibility index (Phi) is 3.74. The van der Waals surface area contributed by atoms with Crippen molar-refractivity contribution in [3.63, 3.8) is 0 Å². The Labute approximate surface area is 82.7 Å². The Bertz CT molecular complexity index is 242. The molecule has 0 bridgehead atoms. The number of para-hydroxylation sites is 1. The normalized spacial score (nSPS) is 11.3. The SMILES string of the molecule is CCC(P)(CC)Oc1ccccc1. The van der Waals surface area contributed by atoms with E-state index >= 15 is 0 Å². The highest BCUT2D eigenvalue weighted by atomic mass is 31.0. The fraction of sp³-hybridized carbons (Fsp3) is 0.455. The van der Waals surface area contributed by atoms with Crippen molar-refractivity contribution in [2.45, 2.75) is 32.0 Å². The molecule has 13 heavy (non-hydrogen) atoms. The van der Waals surface area contributed by atoms with Crippen molar-refractivity contribution in [3.05, 3.63) is 30.3 Å². The summed E-state index contributed by atoms with van der Waals surface area (Å²) in [6, 6.07) is 9.96. The molecule has 72 valence electrons. The van der Waals surface area contributed by atoms with Gasteiger partial charge in [-0.25, -0.2) is 0 Å². The average Bonchev–Trinajstić information content (AvgIpc) is 2.19. The summed E-state index contributed by atoms with van der Waals surface area (Å²) in [7, 11) is 2.80. The maximum absolute atomic E-state index is 5.86. The van der Waals surface area contributed by atoms with Crippen LogP contribution in [0.2, 0.25) is 0 Å². The Balaban J connectivity index is 2.68. The summed E-state index contributed by atoms with van der Waals surface area (Å²) >= 11 is 0. The molecule has 1 atom stereocenters. The number of hydrogen-bond donors (Lipinski definition) is 0. The van der Waals surface area contributed by atoms with Gasteiger partial charge in [-0.15, -0.1) is 0 Å². The maximum Gasteiger partial charge on any atom is 0.121 e. The predicted octanol–water partition coefficient (Wildman–Crippen LogP) is 3.46. The summed E-state index contributed by atoms with van der Waals surface area (Å²) < 4.78 is 5.86. The quantitative estimate of drug-likeness (QED) is 0.670. The van der Waals surface area contributed by atoms with Crippen molar-refractivity contribution in [1.82, 2.24) is 0 Å². The molecule has 0 spiro atoms. The minimum Gasteiger partial charge on any atom is -0.484 e. The van der Waals surface area contributed by atoms with Crippen LogP contribution in [0.5, 0.6) is 5.75 Å². The molecule has 0 saturated carbocycles. The van der Waals surface area contributed by atoms with Crippen molar-refractivity contribution in [2.24, 2.45) is 0 Å². The zero-order valence-corrected chi connectivity index (χ0v) is 9.44. The Morgan fingerprint density at radius 3 is 2.15 bits per heavy atom. The first-order valence-corrected chi connectivity index (χ1v) is 5.31. The van der Waals surface area contributed by atoms with Crippen LogP contribution in [0.1, 0.15) is 26.7 Å². The zero-order chi connectivity index (χ0) is 9.73. The molecule has 2 heteroatoms. The summed E-state index contributed by atoms with van der Waals surface area (Å²) in [6.07, 6.45) is 2.01. The van der Waals surface area contributed by atoms with Crippen molar-refractivity contribution in [3.8, 4) is 5.75 Å². The summed E-state index contributed by atoms with van der Waals surface area (Å²) in [6.45, 7) is 4.28. The van der Waals surface area contributed by atoms with E-state index in [4.69, 9.17) is 4.74 Å². The van der Waals surface area contributed by atoms with E-state index in [2.05, 4.69) is 23.1 Å². The van der Waals surface area contributed by atoms with Crippen LogP contribution in [0, 0.1) is 0 Å². The van der Waals surface area contributed by atoms with Gasteiger partial charge in [-0.05, 0) is 25.0 Å². The smallest absolute Gasteiger partial charge is 0.121 e. The molecule has 1 aromatic carbocycles. The number of rotatable bonds is 4. The minimum atomic E-state index is -0.0959. The van der Waals surface area contributed by atoms with Crippen LogP contribution < -0.4 is 4.74 Å². The van der Waals surface area contributed by atoms with Gasteiger partial charge in [-0.3, -0.25) is 0 Å². The molecule has 0 fully saturated rings. The molecule has 0 radical (unpaired) electrons. The molecule has 0 heterocycles. The monoisotopic (exact) mass is 196 g/mol. The lowest BCUT2D eigenvalue weighted by molar-refractivity contribution is 0.155. The number of ether oxygens (including phenoxy) is 1. The van der Waals surface area contributed by atoms with Gasteiger partial charge in [0.25, 0.3) is 0 Å². The third kappa shape index (κ3) is 3.00. The summed E-state index contributed by atoms with van der Waals surface area (Å²) in [5, 5.41) is -0.0959. The van der Waals surface area contributed by atoms with Crippen LogP contribution in [0.25, 0.3) is 0 Å². The predicted molar refractivity (Wildman–Crippen MR) is 60.1 cm³/mol. The van der Waals surface area contributed by atoms with E-state index in [1.807, 2.05) is 30.3 Å². The Morgan fingerprint density at radius 1 is 1.15 bits per heavy atom. The summed E-state index contributed by atoms with van der Waals surface area (Å²) in [4.78, 5) is 0. The van der Waals surface area contributed by atoms with Gasteiger partial charge in [-0.1, -0.05) is 41.3 Å². The van der Waals surface area contributed by atoms with E-state index in [-0.39, 0.29) is 5.34 Å². The number of benzene rings is 1. The lowest BCUT2D eigenvalue weighted by Crippen LogP contribution is -2.26. The molecular formula is C11H17OP. The van der Waals surface area contributed by atoms with Gasteiger partial charge >= 0.3 is 0 Å². The first-order chi connectivity index (χ1) is 6.20. The molecule has 0 aromatic heterocycles. The van der Waals surface area contributed by atoms with Crippen LogP contribution >= 0.6 is 9.24 Å². The highest BCUT2D eigenvalue weighted by Gasteiger charge is 2.21. The van der Waals surface area contributed by atoms with Gasteiger partial charge in [0, 0.05) is 0 Å². The second kappa shape index (κ2) is 4.62. The second-order valence-corrected chi connectivity index (χ2v) is 4.24. The lowest BCUT2D eigenvalue weighted by atomic mass is 10.2. The topological polar surface area (TPSA) is 9.23 Å². The van der Waals surface area contributed by atoms with Crippen LogP contribution in [-0.2, 0) is 0 Å². The van der Waals surface area contributed by atoms with Gasteiger partial charge in [0.2, 0.25) is 0 Å². The average molecular weight is 196 g/mol. The van der Waals surface area contributed by atoms with E-state index in [0.717, 1.165) is 18.6 Å². The van der Waals surface area contributed by atoms with Crippen LogP contribution in [0.4, 0.5) is 0 Å². The largest absolute Gasteiger partial charge is 0.484 e. The third-order valence-electron chi connectivity index (χ3n) is 2.26. The fourth-order valence-electron chi connectivity index (χ4n) is 1.12. The Morgan fingerprint density at radius 2 is 1.69 bits per heavy atom. The van der Waals surface area contributed by atoms with Gasteiger partial charge in [-0.2, -0.15) is 0 Å². The molecule has 0 amide bonds. The molecule has 0 aliphatic carbocycles. The van der Waals surface area contributed by atoms with Gasteiger partial charge < -0.3 is 4.74 Å². The molecule has 1 rings (SSSR count). The minimum absolute atomic E-state index is 0.0959. The lowest BCUT2D eigenvalue weighted by Gasteiger charge is -2.28. The van der Waals surface area contributed by atoms with Crippen molar-refractivity contribution in [1.29, 1.82) is 0 Å². The summed E-state index contributed by atoms with van der Waals surface area (Å²) in [5.41, 5.74) is 0. The van der Waals surface area contributed by atoms with Crippen molar-refractivity contribution in [2.75, 3.05) is 0 Å². The second-order valence-electron chi connectivity index (χ2n) is 3.19. The van der Waals surface area contributed by atoms with Crippen LogP contribution in [0.15, 0.2) is 30.3 Å². The molecule has 0 saturated heterocycles. The van der Waals surface area contributed by atoms with Crippen LogP contribution in [-0.4, -0.2) is 5.34 Å². The zero-order valence-electron chi connectivity index (χ0n) is 8.29. The van der Waals surface area contributed by atoms with Gasteiger partial charge in [0.05, 0.1) is 0 Å². The van der Waals surface area contributed by atoms with Crippen molar-refractivity contribution >= 4 is 9.24 Å². The van der Waals surface area contributed by atoms with Gasteiger partial charge in [0.15, 0.2) is 0 Å². The van der Waals surface area contributed by atoms with Crippen molar-refractivity contribution < 1.29 is 4.74 Å². The molecule has 0 aliphatic heterocycles. The van der Waals surface area contributed by atoms with E-state index < -0.39 is 0 Å². The first-order valence-electron chi connectivity index (χ1n) is 4.73. The maximum atomic E-state index is 5.86. The first kappa shape index (κ1) is 10.5. The third-order valence-corrected chi connectivity index (χ3v) is 3.20. The summed E-state index contributed by atoms with van der Waals surface area (Å²) in [5.74, 6) is 0.946. The van der Waals surface area contributed by atoms with E-state index in [1.165, 1.54) is 0 Å². The molecule has 1 aromatic rings. The van der Waals surface area contributed by atoms with Crippen LogP contribution in [0.3, 0.4) is 0 Å². The number of hydrogen-bond acceptors (Lipinski definition) is 1. The Hall–Kier alpha value is -0.550. The van der Waals surface area contributed by atoms with E-state index in [0.29, 0.717) is 0 Å². The van der Waals surface area contributed by atoms with Gasteiger partial charge in [0.1, 0.15) is 11.1 Å². The molecular weight excluding hydrogens is 179 g/mol. The molecule has 1 nitrogen and oxygen atoms in total. The molecule has 0 aliphatic rings. The molecule has 1 unspecified atom stereocenters. The fourth-order valence-corrected chi connectivity index (χ4v) is 1.25. The standard InChI is InChI=1S/C11H17OP/c1-3-11(13,4-2)12-10-8-6-5-7-9-10/h5-9H,3-4,13H2,1-2H3. The van der Waals surface area contributed by atoms with E-state index in [9.17, 15) is 0 Å². The molecule has 0 N–H and O–H groups in total. The highest BCUT2D eigenvalue weighted by molar-refractivity contribution is 7.18. The highest BCUT2D eigenvalue weighted by Crippen LogP contribution is 2.30.